The van der Waals surface area contributed by atoms with Gasteiger partial charge in [0.05, 0.1) is 6.61 Å². The highest BCUT2D eigenvalue weighted by atomic mass is 16.5. The summed E-state index contributed by atoms with van der Waals surface area (Å²) in [5.41, 5.74) is 0. The summed E-state index contributed by atoms with van der Waals surface area (Å²) in [5, 5.41) is 13.9. The molecule has 1 aliphatic rings. The number of carbonyl (C=O) groups excluding carboxylic acids is 1. The summed E-state index contributed by atoms with van der Waals surface area (Å²) in [6, 6.07) is 0.232. The van der Waals surface area contributed by atoms with Crippen molar-refractivity contribution in [3.63, 3.8) is 0 Å². The Morgan fingerprint density at radius 3 is 2.50 bits per heavy atom. The Labute approximate surface area is 107 Å². The molecule has 0 aromatic heterocycles. The Morgan fingerprint density at radius 1 is 1.28 bits per heavy atom. The molecule has 1 aliphatic carbocycles. The Morgan fingerprint density at radius 2 is 1.94 bits per heavy atom. The normalized spacial score (nSPS) is 23.4. The lowest BCUT2D eigenvalue weighted by atomic mass is 9.86. The first kappa shape index (κ1) is 14.8. The molecule has 1 rings (SSSR count). The molecule has 0 saturated heterocycles. The SMILES string of the molecule is COCCC(=O)NC1CCC(CNC(=O)O)CC1. The number of carboxylic acid groups (broad SMARTS) is 1. The zero-order valence-electron chi connectivity index (χ0n) is 10.8. The highest BCUT2D eigenvalue weighted by Gasteiger charge is 2.22. The zero-order valence-corrected chi connectivity index (χ0v) is 10.8. The van der Waals surface area contributed by atoms with Crippen LogP contribution in [0.3, 0.4) is 0 Å². The van der Waals surface area contributed by atoms with Crippen molar-refractivity contribution >= 4 is 12.0 Å². The molecule has 104 valence electrons. The topological polar surface area (TPSA) is 87.7 Å². The van der Waals surface area contributed by atoms with E-state index in [9.17, 15) is 9.59 Å². The van der Waals surface area contributed by atoms with Crippen molar-refractivity contribution in [3.05, 3.63) is 0 Å². The third kappa shape index (κ3) is 5.86. The van der Waals surface area contributed by atoms with E-state index < -0.39 is 6.09 Å². The minimum Gasteiger partial charge on any atom is -0.465 e. The van der Waals surface area contributed by atoms with Crippen LogP contribution in [0.15, 0.2) is 0 Å². The lowest BCUT2D eigenvalue weighted by Crippen LogP contribution is -2.39. The van der Waals surface area contributed by atoms with Gasteiger partial charge in [0.15, 0.2) is 0 Å². The Bertz CT molecular complexity index is 275. The summed E-state index contributed by atoms with van der Waals surface area (Å²) in [4.78, 5) is 21.9. The highest BCUT2D eigenvalue weighted by Crippen LogP contribution is 2.23. The summed E-state index contributed by atoms with van der Waals surface area (Å²) in [5.74, 6) is 0.428. The van der Waals surface area contributed by atoms with Crippen molar-refractivity contribution in [1.82, 2.24) is 10.6 Å². The maximum absolute atomic E-state index is 11.5. The second-order valence-electron chi connectivity index (χ2n) is 4.71. The van der Waals surface area contributed by atoms with E-state index in [2.05, 4.69) is 10.6 Å². The quantitative estimate of drug-likeness (QED) is 0.662. The minimum atomic E-state index is -0.968. The monoisotopic (exact) mass is 258 g/mol. The van der Waals surface area contributed by atoms with Gasteiger partial charge in [-0.1, -0.05) is 0 Å². The number of ether oxygens (including phenoxy) is 1. The van der Waals surface area contributed by atoms with E-state index in [0.29, 0.717) is 25.5 Å². The van der Waals surface area contributed by atoms with Crippen LogP contribution in [0.1, 0.15) is 32.1 Å². The van der Waals surface area contributed by atoms with Gasteiger partial charge in [0.2, 0.25) is 5.91 Å². The van der Waals surface area contributed by atoms with Gasteiger partial charge in [-0.3, -0.25) is 4.79 Å². The number of methoxy groups -OCH3 is 1. The molecule has 1 fully saturated rings. The van der Waals surface area contributed by atoms with Crippen LogP contribution in [-0.4, -0.2) is 43.4 Å². The molecule has 0 atom stereocenters. The maximum atomic E-state index is 11.5. The van der Waals surface area contributed by atoms with Gasteiger partial charge in [-0.15, -0.1) is 0 Å². The molecule has 1 saturated carbocycles. The van der Waals surface area contributed by atoms with Gasteiger partial charge in [0.25, 0.3) is 0 Å². The maximum Gasteiger partial charge on any atom is 0.404 e. The van der Waals surface area contributed by atoms with Gasteiger partial charge in [0.1, 0.15) is 0 Å². The van der Waals surface area contributed by atoms with Crippen LogP contribution in [0, 0.1) is 5.92 Å². The van der Waals surface area contributed by atoms with Crippen molar-refractivity contribution in [1.29, 1.82) is 0 Å². The summed E-state index contributed by atoms with van der Waals surface area (Å²) in [6.07, 6.45) is 3.18. The Hall–Kier alpha value is -1.30. The number of hydrogen-bond acceptors (Lipinski definition) is 3. The lowest BCUT2D eigenvalue weighted by molar-refractivity contribution is -0.122. The molecule has 18 heavy (non-hydrogen) atoms. The number of carbonyl (C=O) groups is 2. The van der Waals surface area contributed by atoms with Gasteiger partial charge in [0, 0.05) is 26.1 Å². The van der Waals surface area contributed by atoms with Crippen molar-refractivity contribution in [2.24, 2.45) is 5.92 Å². The molecule has 2 amide bonds. The van der Waals surface area contributed by atoms with E-state index in [1.54, 1.807) is 7.11 Å². The van der Waals surface area contributed by atoms with Crippen LogP contribution in [0.4, 0.5) is 4.79 Å². The molecule has 0 aromatic carbocycles. The van der Waals surface area contributed by atoms with Crippen LogP contribution < -0.4 is 10.6 Å². The van der Waals surface area contributed by atoms with Crippen LogP contribution in [0.25, 0.3) is 0 Å². The van der Waals surface area contributed by atoms with Gasteiger partial charge >= 0.3 is 6.09 Å². The third-order valence-electron chi connectivity index (χ3n) is 3.29. The number of amides is 2. The Balaban J connectivity index is 2.14. The van der Waals surface area contributed by atoms with Crippen LogP contribution >= 0.6 is 0 Å². The number of nitrogens with one attached hydrogen (secondary N) is 2. The molecular weight excluding hydrogens is 236 g/mol. The fourth-order valence-corrected chi connectivity index (χ4v) is 2.24. The van der Waals surface area contributed by atoms with Crippen molar-refractivity contribution < 1.29 is 19.4 Å². The summed E-state index contributed by atoms with van der Waals surface area (Å²) in [6.45, 7) is 0.962. The average molecular weight is 258 g/mol. The molecule has 0 aliphatic heterocycles. The molecule has 0 spiro atoms. The third-order valence-corrected chi connectivity index (χ3v) is 3.29. The van der Waals surface area contributed by atoms with Gasteiger partial charge in [-0.05, 0) is 31.6 Å². The predicted molar refractivity (Wildman–Crippen MR) is 66.4 cm³/mol. The van der Waals surface area contributed by atoms with E-state index >= 15 is 0 Å². The minimum absolute atomic E-state index is 0.0314. The first-order valence-corrected chi connectivity index (χ1v) is 6.37. The first-order valence-electron chi connectivity index (χ1n) is 6.37. The van der Waals surface area contributed by atoms with Crippen LogP contribution in [-0.2, 0) is 9.53 Å². The fraction of sp³-hybridized carbons (Fsp3) is 0.833. The highest BCUT2D eigenvalue weighted by molar-refractivity contribution is 5.76. The second-order valence-corrected chi connectivity index (χ2v) is 4.71. The molecular formula is C12H22N2O4. The lowest BCUT2D eigenvalue weighted by Gasteiger charge is -2.28. The van der Waals surface area contributed by atoms with Crippen molar-refractivity contribution in [2.75, 3.05) is 20.3 Å². The molecule has 6 heteroatoms. The van der Waals surface area contributed by atoms with Gasteiger partial charge in [-0.2, -0.15) is 0 Å². The zero-order chi connectivity index (χ0) is 13.4. The average Bonchev–Trinajstić information content (AvgIpc) is 2.35. The second kappa shape index (κ2) is 7.92. The molecule has 0 aromatic rings. The largest absolute Gasteiger partial charge is 0.465 e. The van der Waals surface area contributed by atoms with Gasteiger partial charge in [-0.25, -0.2) is 4.79 Å². The smallest absolute Gasteiger partial charge is 0.404 e. The molecule has 6 nitrogen and oxygen atoms in total. The Kier molecular flexibility index (Phi) is 6.49. The van der Waals surface area contributed by atoms with Crippen LogP contribution in [0.5, 0.6) is 0 Å². The molecule has 0 radical (unpaired) electrons. The molecule has 3 N–H and O–H groups in total. The summed E-state index contributed by atoms with van der Waals surface area (Å²) >= 11 is 0. The van der Waals surface area contributed by atoms with Crippen LogP contribution in [0.2, 0.25) is 0 Å². The predicted octanol–water partition coefficient (Wildman–Crippen LogP) is 0.965. The fourth-order valence-electron chi connectivity index (χ4n) is 2.24. The molecule has 0 bridgehead atoms. The van der Waals surface area contributed by atoms with E-state index in [1.165, 1.54) is 0 Å². The van der Waals surface area contributed by atoms with E-state index in [4.69, 9.17) is 9.84 Å². The molecule has 0 unspecified atom stereocenters. The standard InChI is InChI=1S/C12H22N2O4/c1-18-7-6-11(15)14-10-4-2-9(3-5-10)8-13-12(16)17/h9-10,13H,2-8H2,1H3,(H,14,15)(H,16,17). The summed E-state index contributed by atoms with van der Waals surface area (Å²) < 4.78 is 4.85. The number of hydrogen-bond donors (Lipinski definition) is 3. The first-order chi connectivity index (χ1) is 8.61. The summed E-state index contributed by atoms with van der Waals surface area (Å²) in [7, 11) is 1.58. The van der Waals surface area contributed by atoms with Crippen molar-refractivity contribution in [2.45, 2.75) is 38.1 Å². The van der Waals surface area contributed by atoms with E-state index in [-0.39, 0.29) is 11.9 Å². The van der Waals surface area contributed by atoms with Gasteiger partial charge < -0.3 is 20.5 Å². The van der Waals surface area contributed by atoms with E-state index in [0.717, 1.165) is 25.7 Å². The van der Waals surface area contributed by atoms with Crippen molar-refractivity contribution in [3.8, 4) is 0 Å². The molecule has 0 heterocycles. The van der Waals surface area contributed by atoms with E-state index in [1.807, 2.05) is 0 Å². The number of rotatable bonds is 6.